The number of hydrogen-bond donors (Lipinski definition) is 2. The van der Waals surface area contributed by atoms with Crippen LogP contribution in [-0.2, 0) is 17.8 Å². The number of aryl methyl sites for hydroxylation is 2. The molecule has 2 N–H and O–H groups in total. The second kappa shape index (κ2) is 7.87. The number of nitrogens with one attached hydrogen (secondary N) is 2. The standard InChI is InChI=1S/C22H22N4O3/c1-2-26-22(29)18-12-6-5-11-16(18)19(25-26)21(28)24-23-20(27)17-13-7-9-14-8-3-4-10-15(14)17/h3-6,8,10-12,17H,2,7,9,13H2,1H3,(H,23,27)(H,24,28). The van der Waals surface area contributed by atoms with Crippen LogP contribution in [0.2, 0.25) is 0 Å². The zero-order valence-electron chi connectivity index (χ0n) is 16.1. The average molecular weight is 390 g/mol. The van der Waals surface area contributed by atoms with Crippen LogP contribution < -0.4 is 16.4 Å². The van der Waals surface area contributed by atoms with Gasteiger partial charge in [-0.25, -0.2) is 4.68 Å². The highest BCUT2D eigenvalue weighted by molar-refractivity contribution is 6.05. The van der Waals surface area contributed by atoms with E-state index < -0.39 is 5.91 Å². The third-order valence-electron chi connectivity index (χ3n) is 5.37. The van der Waals surface area contributed by atoms with E-state index in [1.807, 2.05) is 24.3 Å². The Hall–Kier alpha value is -3.48. The summed E-state index contributed by atoms with van der Waals surface area (Å²) in [7, 11) is 0. The van der Waals surface area contributed by atoms with Gasteiger partial charge in [0.1, 0.15) is 0 Å². The highest BCUT2D eigenvalue weighted by Crippen LogP contribution is 2.31. The molecule has 0 aliphatic heterocycles. The van der Waals surface area contributed by atoms with E-state index in [1.165, 1.54) is 10.2 Å². The van der Waals surface area contributed by atoms with E-state index in [-0.39, 0.29) is 23.1 Å². The summed E-state index contributed by atoms with van der Waals surface area (Å²) in [5, 5.41) is 5.06. The van der Waals surface area contributed by atoms with Crippen LogP contribution in [0.5, 0.6) is 0 Å². The Morgan fingerprint density at radius 3 is 2.59 bits per heavy atom. The van der Waals surface area contributed by atoms with Gasteiger partial charge in [0.25, 0.3) is 11.5 Å². The lowest BCUT2D eigenvalue weighted by atomic mass is 9.82. The molecule has 2 aromatic carbocycles. The molecule has 0 spiro atoms. The molecule has 0 radical (unpaired) electrons. The third-order valence-corrected chi connectivity index (χ3v) is 5.37. The fourth-order valence-electron chi connectivity index (χ4n) is 3.91. The van der Waals surface area contributed by atoms with Gasteiger partial charge >= 0.3 is 0 Å². The maximum absolute atomic E-state index is 12.8. The summed E-state index contributed by atoms with van der Waals surface area (Å²) in [5.41, 5.74) is 7.05. The molecule has 1 aliphatic carbocycles. The average Bonchev–Trinajstić information content (AvgIpc) is 2.77. The molecule has 0 fully saturated rings. The second-order valence-corrected chi connectivity index (χ2v) is 7.10. The van der Waals surface area contributed by atoms with Crippen molar-refractivity contribution in [2.75, 3.05) is 0 Å². The maximum Gasteiger partial charge on any atom is 0.290 e. The molecule has 1 unspecified atom stereocenters. The number of carbonyl (C=O) groups is 2. The van der Waals surface area contributed by atoms with Crippen molar-refractivity contribution in [1.29, 1.82) is 0 Å². The SMILES string of the molecule is CCn1nc(C(=O)NNC(=O)C2CCCc3ccccc32)c2ccccc2c1=O. The summed E-state index contributed by atoms with van der Waals surface area (Å²) in [6.45, 7) is 2.13. The van der Waals surface area contributed by atoms with Crippen LogP contribution in [0.1, 0.15) is 47.3 Å². The van der Waals surface area contributed by atoms with Crippen molar-refractivity contribution in [2.45, 2.75) is 38.6 Å². The van der Waals surface area contributed by atoms with Gasteiger partial charge in [-0.1, -0.05) is 42.5 Å². The van der Waals surface area contributed by atoms with Crippen LogP contribution in [0.25, 0.3) is 10.8 Å². The van der Waals surface area contributed by atoms with Gasteiger partial charge in [-0.3, -0.25) is 25.2 Å². The fraction of sp³-hybridized carbons (Fsp3) is 0.273. The predicted octanol–water partition coefficient (Wildman–Crippen LogP) is 2.30. The van der Waals surface area contributed by atoms with E-state index in [0.29, 0.717) is 17.3 Å². The van der Waals surface area contributed by atoms with Gasteiger partial charge in [0.05, 0.1) is 11.3 Å². The highest BCUT2D eigenvalue weighted by Gasteiger charge is 2.27. The highest BCUT2D eigenvalue weighted by atomic mass is 16.2. The number of rotatable bonds is 3. The summed E-state index contributed by atoms with van der Waals surface area (Å²) in [6, 6.07) is 14.7. The van der Waals surface area contributed by atoms with Crippen molar-refractivity contribution in [3.63, 3.8) is 0 Å². The van der Waals surface area contributed by atoms with E-state index >= 15 is 0 Å². The van der Waals surface area contributed by atoms with Gasteiger partial charge in [-0.2, -0.15) is 5.10 Å². The van der Waals surface area contributed by atoms with Crippen LogP contribution in [0, 0.1) is 0 Å². The molecule has 0 saturated heterocycles. The first-order valence-electron chi connectivity index (χ1n) is 9.78. The van der Waals surface area contributed by atoms with Gasteiger partial charge < -0.3 is 0 Å². The monoisotopic (exact) mass is 390 g/mol. The van der Waals surface area contributed by atoms with Crippen molar-refractivity contribution in [3.05, 3.63) is 75.7 Å². The van der Waals surface area contributed by atoms with E-state index in [0.717, 1.165) is 24.8 Å². The number of fused-ring (bicyclic) bond motifs is 2. The normalized spacial score (nSPS) is 15.6. The predicted molar refractivity (Wildman–Crippen MR) is 109 cm³/mol. The van der Waals surface area contributed by atoms with E-state index in [4.69, 9.17) is 0 Å². The van der Waals surface area contributed by atoms with Gasteiger partial charge in [-0.15, -0.1) is 0 Å². The number of benzene rings is 2. The van der Waals surface area contributed by atoms with Crippen LogP contribution in [0.15, 0.2) is 53.3 Å². The zero-order valence-corrected chi connectivity index (χ0v) is 16.1. The molecule has 1 aromatic heterocycles. The van der Waals surface area contributed by atoms with Crippen LogP contribution in [0.4, 0.5) is 0 Å². The lowest BCUT2D eigenvalue weighted by Gasteiger charge is -2.24. The summed E-state index contributed by atoms with van der Waals surface area (Å²) >= 11 is 0. The van der Waals surface area contributed by atoms with Gasteiger partial charge in [0, 0.05) is 11.9 Å². The van der Waals surface area contributed by atoms with Crippen LogP contribution >= 0.6 is 0 Å². The maximum atomic E-state index is 12.8. The summed E-state index contributed by atoms with van der Waals surface area (Å²) in [6.07, 6.45) is 2.62. The lowest BCUT2D eigenvalue weighted by Crippen LogP contribution is -2.45. The van der Waals surface area contributed by atoms with E-state index in [9.17, 15) is 14.4 Å². The Morgan fingerprint density at radius 2 is 1.79 bits per heavy atom. The molecule has 1 atom stereocenters. The number of hydrogen-bond acceptors (Lipinski definition) is 4. The van der Waals surface area contributed by atoms with Gasteiger partial charge in [0.15, 0.2) is 5.69 Å². The molecule has 7 nitrogen and oxygen atoms in total. The quantitative estimate of drug-likeness (QED) is 0.671. The third kappa shape index (κ3) is 3.51. The van der Waals surface area contributed by atoms with Crippen molar-refractivity contribution < 1.29 is 9.59 Å². The molecule has 3 aromatic rings. The number of nitrogens with zero attached hydrogens (tertiary/aromatic N) is 2. The number of hydrazine groups is 1. The Kier molecular flexibility index (Phi) is 5.12. The Morgan fingerprint density at radius 1 is 1.07 bits per heavy atom. The first kappa shape index (κ1) is 18.9. The van der Waals surface area contributed by atoms with Crippen LogP contribution in [-0.4, -0.2) is 21.6 Å². The molecule has 0 bridgehead atoms. The number of carbonyl (C=O) groups excluding carboxylic acids is 2. The minimum atomic E-state index is -0.555. The zero-order chi connectivity index (χ0) is 20.4. The topological polar surface area (TPSA) is 93.1 Å². The van der Waals surface area contributed by atoms with E-state index in [1.54, 1.807) is 31.2 Å². The molecule has 0 saturated carbocycles. The van der Waals surface area contributed by atoms with Crippen molar-refractivity contribution in [3.8, 4) is 0 Å². The first-order valence-corrected chi connectivity index (χ1v) is 9.78. The van der Waals surface area contributed by atoms with E-state index in [2.05, 4.69) is 16.0 Å². The first-order chi connectivity index (χ1) is 14.1. The van der Waals surface area contributed by atoms with Crippen molar-refractivity contribution in [1.82, 2.24) is 20.6 Å². The fourth-order valence-corrected chi connectivity index (χ4v) is 3.91. The number of aromatic nitrogens is 2. The molecule has 1 aliphatic rings. The summed E-state index contributed by atoms with van der Waals surface area (Å²) in [4.78, 5) is 37.9. The van der Waals surface area contributed by atoms with Crippen molar-refractivity contribution >= 4 is 22.6 Å². The molecular weight excluding hydrogens is 368 g/mol. The lowest BCUT2D eigenvalue weighted by molar-refractivity contribution is -0.123. The Bertz CT molecular complexity index is 1150. The minimum absolute atomic E-state index is 0.103. The van der Waals surface area contributed by atoms with Gasteiger partial charge in [-0.05, 0) is 43.4 Å². The molecule has 2 amide bonds. The molecule has 29 heavy (non-hydrogen) atoms. The molecular formula is C22H22N4O3. The van der Waals surface area contributed by atoms with Gasteiger partial charge in [0.2, 0.25) is 5.91 Å². The Labute approximate surface area is 167 Å². The van der Waals surface area contributed by atoms with Crippen molar-refractivity contribution in [2.24, 2.45) is 0 Å². The molecule has 7 heteroatoms. The summed E-state index contributed by atoms with van der Waals surface area (Å²) < 4.78 is 1.25. The molecule has 1 heterocycles. The Balaban J connectivity index is 1.56. The van der Waals surface area contributed by atoms with Crippen LogP contribution in [0.3, 0.4) is 0 Å². The molecule has 148 valence electrons. The smallest absolute Gasteiger partial charge is 0.273 e. The largest absolute Gasteiger partial charge is 0.290 e. The summed E-state index contributed by atoms with van der Waals surface area (Å²) in [5.74, 6) is -1.10. The number of amides is 2. The minimum Gasteiger partial charge on any atom is -0.273 e. The molecule has 4 rings (SSSR count). The second-order valence-electron chi connectivity index (χ2n) is 7.10.